The first kappa shape index (κ1) is 15.2. The van der Waals surface area contributed by atoms with E-state index in [0.29, 0.717) is 13.1 Å². The van der Waals surface area contributed by atoms with E-state index in [9.17, 15) is 8.42 Å². The van der Waals surface area contributed by atoms with Crippen LogP contribution in [0.15, 0.2) is 45.9 Å². The Morgan fingerprint density at radius 1 is 1.25 bits per heavy atom. The van der Waals surface area contributed by atoms with E-state index in [0.717, 1.165) is 10.2 Å². The summed E-state index contributed by atoms with van der Waals surface area (Å²) >= 11 is 3.30. The third kappa shape index (κ3) is 3.11. The lowest BCUT2D eigenvalue weighted by Gasteiger charge is -2.17. The van der Waals surface area contributed by atoms with Crippen LogP contribution < -0.4 is 0 Å². The molecule has 2 rings (SSSR count). The first-order valence-electron chi connectivity index (χ1n) is 6.17. The molecule has 0 unspecified atom stereocenters. The van der Waals surface area contributed by atoms with Crippen molar-refractivity contribution in [1.29, 1.82) is 0 Å². The average Bonchev–Trinajstić information content (AvgIpc) is 2.86. The summed E-state index contributed by atoms with van der Waals surface area (Å²) in [5.41, 5.74) is 0.871. The monoisotopic (exact) mass is 357 g/mol. The maximum Gasteiger partial charge on any atom is 0.243 e. The molecule has 0 aliphatic carbocycles. The van der Waals surface area contributed by atoms with Gasteiger partial charge in [0.1, 0.15) is 0 Å². The van der Waals surface area contributed by atoms with E-state index in [2.05, 4.69) is 21.0 Å². The molecule has 0 aliphatic rings. The van der Waals surface area contributed by atoms with Crippen LogP contribution in [0, 0.1) is 0 Å². The van der Waals surface area contributed by atoms with Crippen molar-refractivity contribution in [2.45, 2.75) is 24.9 Å². The molecule has 0 fully saturated rings. The van der Waals surface area contributed by atoms with Crippen molar-refractivity contribution in [2.24, 2.45) is 0 Å². The van der Waals surface area contributed by atoms with Gasteiger partial charge in [0.15, 0.2) is 0 Å². The highest BCUT2D eigenvalue weighted by molar-refractivity contribution is 9.10. The summed E-state index contributed by atoms with van der Waals surface area (Å²) in [6.45, 7) is 2.99. The largest absolute Gasteiger partial charge is 0.269 e. The standard InChI is InChI=1S/C13H16BrN3O2S/c1-3-17-12(8-9-15-17)10-16(2)20(18,19)13-6-4-11(14)5-7-13/h4-9H,3,10H2,1-2H3. The smallest absolute Gasteiger partial charge is 0.243 e. The lowest BCUT2D eigenvalue weighted by molar-refractivity contribution is 0.447. The minimum atomic E-state index is -3.49. The zero-order valence-electron chi connectivity index (χ0n) is 11.3. The molecule has 0 N–H and O–H groups in total. The van der Waals surface area contributed by atoms with E-state index < -0.39 is 10.0 Å². The Balaban J connectivity index is 2.23. The molecule has 1 aromatic carbocycles. The summed E-state index contributed by atoms with van der Waals surface area (Å²) in [4.78, 5) is 0.283. The van der Waals surface area contributed by atoms with Crippen molar-refractivity contribution in [3.63, 3.8) is 0 Å². The van der Waals surface area contributed by atoms with Gasteiger partial charge in [-0.2, -0.15) is 9.40 Å². The molecule has 2 aromatic rings. The predicted molar refractivity (Wildman–Crippen MR) is 80.7 cm³/mol. The molecular formula is C13H16BrN3O2S. The fourth-order valence-corrected chi connectivity index (χ4v) is 3.29. The minimum Gasteiger partial charge on any atom is -0.269 e. The minimum absolute atomic E-state index is 0.283. The molecule has 0 aliphatic heterocycles. The van der Waals surface area contributed by atoms with Crippen LogP contribution in [-0.2, 0) is 23.1 Å². The average molecular weight is 358 g/mol. The summed E-state index contributed by atoms with van der Waals surface area (Å²) < 4.78 is 28.9. The molecule has 0 amide bonds. The Morgan fingerprint density at radius 2 is 1.90 bits per heavy atom. The first-order valence-corrected chi connectivity index (χ1v) is 8.41. The Labute approximate surface area is 127 Å². The maximum atomic E-state index is 12.5. The molecule has 0 atom stereocenters. The van der Waals surface area contributed by atoms with Crippen molar-refractivity contribution in [3.05, 3.63) is 46.7 Å². The molecule has 5 nitrogen and oxygen atoms in total. The summed E-state index contributed by atoms with van der Waals surface area (Å²) in [7, 11) is -1.91. The number of nitrogens with zero attached hydrogens (tertiary/aromatic N) is 3. The van der Waals surface area contributed by atoms with Crippen molar-refractivity contribution in [3.8, 4) is 0 Å². The van der Waals surface area contributed by atoms with E-state index in [4.69, 9.17) is 0 Å². The molecule has 1 aromatic heterocycles. The predicted octanol–water partition coefficient (Wildman–Crippen LogP) is 2.49. The summed E-state index contributed by atoms with van der Waals surface area (Å²) in [5, 5.41) is 4.14. The van der Waals surface area contributed by atoms with Crippen LogP contribution in [0.25, 0.3) is 0 Å². The third-order valence-electron chi connectivity index (χ3n) is 3.01. The quantitative estimate of drug-likeness (QED) is 0.825. The lowest BCUT2D eigenvalue weighted by Crippen LogP contribution is -2.27. The fourth-order valence-electron chi connectivity index (χ4n) is 1.88. The van der Waals surface area contributed by atoms with Crippen molar-refractivity contribution < 1.29 is 8.42 Å². The number of hydrogen-bond donors (Lipinski definition) is 0. The lowest BCUT2D eigenvalue weighted by atomic mass is 10.4. The molecule has 20 heavy (non-hydrogen) atoms. The van der Waals surface area contributed by atoms with Crippen LogP contribution in [-0.4, -0.2) is 29.6 Å². The zero-order chi connectivity index (χ0) is 14.8. The van der Waals surface area contributed by atoms with Crippen LogP contribution in [0.5, 0.6) is 0 Å². The van der Waals surface area contributed by atoms with Gasteiger partial charge in [-0.15, -0.1) is 0 Å². The first-order chi connectivity index (χ1) is 9.45. The van der Waals surface area contributed by atoms with Gasteiger partial charge < -0.3 is 0 Å². The van der Waals surface area contributed by atoms with Gasteiger partial charge in [0, 0.05) is 24.3 Å². The second-order valence-electron chi connectivity index (χ2n) is 4.35. The van der Waals surface area contributed by atoms with Gasteiger partial charge in [0.25, 0.3) is 0 Å². The van der Waals surface area contributed by atoms with E-state index >= 15 is 0 Å². The fraction of sp³-hybridized carbons (Fsp3) is 0.308. The summed E-state index contributed by atoms with van der Waals surface area (Å²) in [6.07, 6.45) is 1.68. The van der Waals surface area contributed by atoms with Crippen LogP contribution in [0.3, 0.4) is 0 Å². The highest BCUT2D eigenvalue weighted by atomic mass is 79.9. The maximum absolute atomic E-state index is 12.5. The third-order valence-corrected chi connectivity index (χ3v) is 5.36. The van der Waals surface area contributed by atoms with Crippen LogP contribution in [0.2, 0.25) is 0 Å². The Bertz CT molecular complexity index is 680. The van der Waals surface area contributed by atoms with Gasteiger partial charge in [-0.05, 0) is 37.3 Å². The molecule has 1 heterocycles. The topological polar surface area (TPSA) is 55.2 Å². The molecular weight excluding hydrogens is 342 g/mol. The van der Waals surface area contributed by atoms with E-state index in [1.165, 1.54) is 4.31 Å². The molecule has 0 spiro atoms. The number of sulfonamides is 1. The second-order valence-corrected chi connectivity index (χ2v) is 7.31. The molecule has 0 bridgehead atoms. The number of benzene rings is 1. The SMILES string of the molecule is CCn1nccc1CN(C)S(=O)(=O)c1ccc(Br)cc1. The van der Waals surface area contributed by atoms with Gasteiger partial charge in [0.05, 0.1) is 17.1 Å². The van der Waals surface area contributed by atoms with E-state index in [1.54, 1.807) is 42.2 Å². The highest BCUT2D eigenvalue weighted by Gasteiger charge is 2.21. The number of rotatable bonds is 5. The highest BCUT2D eigenvalue weighted by Crippen LogP contribution is 2.19. The van der Waals surface area contributed by atoms with E-state index in [1.807, 2.05) is 13.0 Å². The number of halogens is 1. The van der Waals surface area contributed by atoms with Crippen molar-refractivity contribution in [2.75, 3.05) is 7.05 Å². The van der Waals surface area contributed by atoms with Gasteiger partial charge in [-0.25, -0.2) is 8.42 Å². The van der Waals surface area contributed by atoms with Gasteiger partial charge in [-0.3, -0.25) is 4.68 Å². The Kier molecular flexibility index (Phi) is 4.62. The molecule has 0 saturated heterocycles. The van der Waals surface area contributed by atoms with Gasteiger partial charge >= 0.3 is 0 Å². The van der Waals surface area contributed by atoms with Crippen molar-refractivity contribution in [1.82, 2.24) is 14.1 Å². The van der Waals surface area contributed by atoms with Gasteiger partial charge in [0.2, 0.25) is 10.0 Å². The Morgan fingerprint density at radius 3 is 2.50 bits per heavy atom. The molecule has 7 heteroatoms. The molecule has 0 saturated carbocycles. The number of aryl methyl sites for hydroxylation is 1. The summed E-state index contributed by atoms with van der Waals surface area (Å²) in [5.74, 6) is 0. The van der Waals surface area contributed by atoms with Crippen LogP contribution in [0.4, 0.5) is 0 Å². The molecule has 0 radical (unpaired) electrons. The second kappa shape index (κ2) is 6.07. The summed E-state index contributed by atoms with van der Waals surface area (Å²) in [6, 6.07) is 8.45. The number of aromatic nitrogens is 2. The molecule has 108 valence electrons. The van der Waals surface area contributed by atoms with Crippen LogP contribution in [0.1, 0.15) is 12.6 Å². The zero-order valence-corrected chi connectivity index (χ0v) is 13.7. The van der Waals surface area contributed by atoms with E-state index in [-0.39, 0.29) is 4.90 Å². The van der Waals surface area contributed by atoms with Crippen LogP contribution >= 0.6 is 15.9 Å². The number of hydrogen-bond acceptors (Lipinski definition) is 3. The Hall–Kier alpha value is -1.18. The normalized spacial score (nSPS) is 12.0. The van der Waals surface area contributed by atoms with Crippen molar-refractivity contribution >= 4 is 26.0 Å². The van der Waals surface area contributed by atoms with Gasteiger partial charge in [-0.1, -0.05) is 15.9 Å².